The first-order chi connectivity index (χ1) is 7.04. The monoisotopic (exact) mass is 225 g/mol. The van der Waals surface area contributed by atoms with E-state index in [-0.39, 0.29) is 11.3 Å². The Balaban J connectivity index is 3.07. The molecule has 1 aromatic carbocycles. The Hall–Kier alpha value is -1.73. The zero-order valence-electron chi connectivity index (χ0n) is 7.90. The zero-order valence-corrected chi connectivity index (χ0v) is 8.65. The van der Waals surface area contributed by atoms with E-state index in [9.17, 15) is 4.79 Å². The molecule has 0 fully saturated rings. The summed E-state index contributed by atoms with van der Waals surface area (Å²) in [5.41, 5.74) is -0.0513. The lowest BCUT2D eigenvalue weighted by Crippen LogP contribution is -2.11. The van der Waals surface area contributed by atoms with Gasteiger partial charge >= 0.3 is 5.97 Å². The third-order valence-electron chi connectivity index (χ3n) is 1.66. The average molecular weight is 226 g/mol. The predicted octanol–water partition coefficient (Wildman–Crippen LogP) is 2.33. The first-order valence-corrected chi connectivity index (χ1v) is 4.51. The van der Waals surface area contributed by atoms with Crippen LogP contribution in [0.2, 0.25) is 5.02 Å². The summed E-state index contributed by atoms with van der Waals surface area (Å²) in [6.45, 7) is 1.53. The van der Waals surface area contributed by atoms with Crippen molar-refractivity contribution in [1.82, 2.24) is 0 Å². The van der Waals surface area contributed by atoms with Gasteiger partial charge in [0, 0.05) is 5.02 Å². The standard InChI is InChI=1S/C10H8ClNO3/c1-6(5-12)15-9-3-2-7(11)4-8(9)10(13)14/h2-4,6H,1H3,(H,13,14). The number of rotatable bonds is 3. The molecular formula is C10H8ClNO3. The second-order valence-electron chi connectivity index (χ2n) is 2.83. The highest BCUT2D eigenvalue weighted by Gasteiger charge is 2.13. The Kier molecular flexibility index (Phi) is 3.53. The van der Waals surface area contributed by atoms with Crippen LogP contribution >= 0.6 is 11.6 Å². The Morgan fingerprint density at radius 2 is 2.33 bits per heavy atom. The van der Waals surface area contributed by atoms with Gasteiger partial charge < -0.3 is 9.84 Å². The number of nitriles is 1. The number of aromatic carboxylic acids is 1. The summed E-state index contributed by atoms with van der Waals surface area (Å²) in [6, 6.07) is 6.06. The van der Waals surface area contributed by atoms with Crippen molar-refractivity contribution in [3.63, 3.8) is 0 Å². The van der Waals surface area contributed by atoms with Gasteiger partial charge in [-0.3, -0.25) is 0 Å². The molecule has 0 saturated heterocycles. The number of hydrogen-bond donors (Lipinski definition) is 1. The van der Waals surface area contributed by atoms with Gasteiger partial charge in [-0.2, -0.15) is 5.26 Å². The predicted molar refractivity (Wildman–Crippen MR) is 54.1 cm³/mol. The van der Waals surface area contributed by atoms with E-state index in [4.69, 9.17) is 26.7 Å². The molecule has 4 nitrogen and oxygen atoms in total. The van der Waals surface area contributed by atoms with Gasteiger partial charge in [-0.15, -0.1) is 0 Å². The van der Waals surface area contributed by atoms with Gasteiger partial charge in [0.25, 0.3) is 0 Å². The SMILES string of the molecule is CC(C#N)Oc1ccc(Cl)cc1C(=O)O. The third-order valence-corrected chi connectivity index (χ3v) is 1.89. The van der Waals surface area contributed by atoms with E-state index in [1.165, 1.54) is 25.1 Å². The molecule has 0 aliphatic rings. The van der Waals surface area contributed by atoms with Gasteiger partial charge in [0.2, 0.25) is 0 Å². The number of ether oxygens (including phenoxy) is 1. The Morgan fingerprint density at radius 3 is 2.87 bits per heavy atom. The van der Waals surface area contributed by atoms with E-state index in [0.29, 0.717) is 5.02 Å². The second kappa shape index (κ2) is 4.67. The summed E-state index contributed by atoms with van der Waals surface area (Å²) in [5.74, 6) is -1.00. The van der Waals surface area contributed by atoms with Crippen LogP contribution in [0.25, 0.3) is 0 Å². The first-order valence-electron chi connectivity index (χ1n) is 4.13. The first kappa shape index (κ1) is 11.3. The highest BCUT2D eigenvalue weighted by Crippen LogP contribution is 2.23. The number of carbonyl (C=O) groups is 1. The van der Waals surface area contributed by atoms with Crippen molar-refractivity contribution in [2.24, 2.45) is 0 Å². The molecule has 0 aliphatic heterocycles. The highest BCUT2D eigenvalue weighted by molar-refractivity contribution is 6.31. The highest BCUT2D eigenvalue weighted by atomic mass is 35.5. The minimum Gasteiger partial charge on any atom is -0.478 e. The van der Waals surface area contributed by atoms with E-state index < -0.39 is 12.1 Å². The Bertz CT molecular complexity index is 425. The van der Waals surface area contributed by atoms with Crippen molar-refractivity contribution in [2.75, 3.05) is 0 Å². The largest absolute Gasteiger partial charge is 0.478 e. The van der Waals surface area contributed by atoms with Crippen molar-refractivity contribution >= 4 is 17.6 Å². The summed E-state index contributed by atoms with van der Waals surface area (Å²) >= 11 is 5.65. The number of benzene rings is 1. The van der Waals surface area contributed by atoms with Gasteiger partial charge in [-0.05, 0) is 25.1 Å². The van der Waals surface area contributed by atoms with E-state index in [2.05, 4.69) is 0 Å². The quantitative estimate of drug-likeness (QED) is 0.857. The lowest BCUT2D eigenvalue weighted by atomic mass is 10.2. The molecule has 1 atom stereocenters. The molecular weight excluding hydrogens is 218 g/mol. The van der Waals surface area contributed by atoms with Crippen molar-refractivity contribution in [1.29, 1.82) is 5.26 Å². The molecule has 0 amide bonds. The molecule has 0 radical (unpaired) electrons. The normalized spacial score (nSPS) is 11.5. The molecule has 0 saturated carbocycles. The molecule has 15 heavy (non-hydrogen) atoms. The maximum absolute atomic E-state index is 10.8. The lowest BCUT2D eigenvalue weighted by molar-refractivity contribution is 0.0691. The Morgan fingerprint density at radius 1 is 1.67 bits per heavy atom. The molecule has 1 rings (SSSR count). The molecule has 0 spiro atoms. The van der Waals surface area contributed by atoms with E-state index >= 15 is 0 Å². The summed E-state index contributed by atoms with van der Waals surface area (Å²) in [6.07, 6.45) is -0.704. The van der Waals surface area contributed by atoms with Gasteiger partial charge in [0.05, 0.1) is 0 Å². The van der Waals surface area contributed by atoms with E-state index in [1.54, 1.807) is 0 Å². The number of hydrogen-bond acceptors (Lipinski definition) is 3. The Labute approximate surface area is 91.7 Å². The lowest BCUT2D eigenvalue weighted by Gasteiger charge is -2.10. The minimum atomic E-state index is -1.14. The van der Waals surface area contributed by atoms with Crippen molar-refractivity contribution in [3.8, 4) is 11.8 Å². The zero-order chi connectivity index (χ0) is 11.4. The average Bonchev–Trinajstić information content (AvgIpc) is 2.20. The summed E-state index contributed by atoms with van der Waals surface area (Å²) in [7, 11) is 0. The maximum atomic E-state index is 10.8. The van der Waals surface area contributed by atoms with Crippen LogP contribution in [0.15, 0.2) is 18.2 Å². The summed E-state index contributed by atoms with van der Waals surface area (Å²) in [4.78, 5) is 10.8. The molecule has 0 bridgehead atoms. The van der Waals surface area contributed by atoms with Gasteiger partial charge in [-0.1, -0.05) is 11.6 Å². The molecule has 1 unspecified atom stereocenters. The van der Waals surface area contributed by atoms with Gasteiger partial charge in [-0.25, -0.2) is 4.79 Å². The smallest absolute Gasteiger partial charge is 0.339 e. The van der Waals surface area contributed by atoms with Gasteiger partial charge in [0.15, 0.2) is 6.10 Å². The van der Waals surface area contributed by atoms with Crippen LogP contribution in [0.3, 0.4) is 0 Å². The third kappa shape index (κ3) is 2.86. The van der Waals surface area contributed by atoms with E-state index in [0.717, 1.165) is 0 Å². The minimum absolute atomic E-state index is 0.0513. The van der Waals surface area contributed by atoms with Crippen LogP contribution in [-0.4, -0.2) is 17.2 Å². The van der Waals surface area contributed by atoms with Crippen LogP contribution in [-0.2, 0) is 0 Å². The molecule has 1 N–H and O–H groups in total. The fourth-order valence-electron chi connectivity index (χ4n) is 0.989. The van der Waals surface area contributed by atoms with Crippen LogP contribution < -0.4 is 4.74 Å². The number of carboxylic acids is 1. The van der Waals surface area contributed by atoms with Crippen molar-refractivity contribution in [3.05, 3.63) is 28.8 Å². The van der Waals surface area contributed by atoms with Crippen molar-refractivity contribution < 1.29 is 14.6 Å². The molecule has 1 aromatic rings. The van der Waals surface area contributed by atoms with Crippen LogP contribution in [0, 0.1) is 11.3 Å². The summed E-state index contributed by atoms with van der Waals surface area (Å²) in [5, 5.41) is 17.7. The van der Waals surface area contributed by atoms with E-state index in [1.807, 2.05) is 6.07 Å². The van der Waals surface area contributed by atoms with Crippen LogP contribution in [0.4, 0.5) is 0 Å². The molecule has 0 aromatic heterocycles. The molecule has 5 heteroatoms. The molecule has 0 heterocycles. The summed E-state index contributed by atoms with van der Waals surface area (Å²) < 4.78 is 5.11. The fraction of sp³-hybridized carbons (Fsp3) is 0.200. The van der Waals surface area contributed by atoms with Gasteiger partial charge in [0.1, 0.15) is 17.4 Å². The number of halogens is 1. The maximum Gasteiger partial charge on any atom is 0.339 e. The fourth-order valence-corrected chi connectivity index (χ4v) is 1.16. The molecule has 78 valence electrons. The number of nitrogens with zero attached hydrogens (tertiary/aromatic N) is 1. The van der Waals surface area contributed by atoms with Crippen LogP contribution in [0.5, 0.6) is 5.75 Å². The molecule has 0 aliphatic carbocycles. The topological polar surface area (TPSA) is 70.3 Å². The number of carboxylic acid groups (broad SMARTS) is 1. The van der Waals surface area contributed by atoms with Crippen molar-refractivity contribution in [2.45, 2.75) is 13.0 Å². The second-order valence-corrected chi connectivity index (χ2v) is 3.27. The van der Waals surface area contributed by atoms with Crippen LogP contribution in [0.1, 0.15) is 17.3 Å².